The van der Waals surface area contributed by atoms with Gasteiger partial charge in [-0.05, 0) is 13.0 Å². The van der Waals surface area contributed by atoms with E-state index in [0.29, 0.717) is 11.4 Å². The van der Waals surface area contributed by atoms with E-state index in [9.17, 15) is 8.42 Å². The third kappa shape index (κ3) is 3.37. The van der Waals surface area contributed by atoms with Gasteiger partial charge in [-0.3, -0.25) is 9.97 Å². The van der Waals surface area contributed by atoms with Crippen molar-refractivity contribution >= 4 is 10.0 Å². The molecule has 19 heavy (non-hydrogen) atoms. The third-order valence-electron chi connectivity index (χ3n) is 2.52. The molecular formula is C11H15N5O2S. The first kappa shape index (κ1) is 13.7. The average Bonchev–Trinajstić information content (AvgIpc) is 2.88. The van der Waals surface area contributed by atoms with Crippen LogP contribution >= 0.6 is 0 Å². The highest BCUT2D eigenvalue weighted by atomic mass is 32.2. The normalized spacial score (nSPS) is 11.7. The number of hydrogen-bond acceptors (Lipinski definition) is 5. The number of nitrogens with one attached hydrogen (secondary N) is 2. The van der Waals surface area contributed by atoms with Crippen molar-refractivity contribution in [2.24, 2.45) is 5.73 Å². The molecule has 0 bridgehead atoms. The van der Waals surface area contributed by atoms with Crippen molar-refractivity contribution in [3.8, 4) is 0 Å². The molecular weight excluding hydrogens is 266 g/mol. The summed E-state index contributed by atoms with van der Waals surface area (Å²) in [7, 11) is -3.56. The van der Waals surface area contributed by atoms with Crippen LogP contribution in [0.3, 0.4) is 0 Å². The van der Waals surface area contributed by atoms with E-state index in [1.807, 2.05) is 6.92 Å². The molecule has 0 radical (unpaired) electrons. The summed E-state index contributed by atoms with van der Waals surface area (Å²) in [6.45, 7) is 2.17. The molecule has 8 heteroatoms. The number of rotatable bonds is 5. The number of aromatic nitrogens is 3. The Balaban J connectivity index is 2.07. The Morgan fingerprint density at radius 1 is 1.37 bits per heavy atom. The van der Waals surface area contributed by atoms with Gasteiger partial charge in [-0.1, -0.05) is 0 Å². The largest absolute Gasteiger partial charge is 0.363 e. The van der Waals surface area contributed by atoms with Crippen LogP contribution in [0.5, 0.6) is 0 Å². The van der Waals surface area contributed by atoms with Crippen molar-refractivity contribution in [1.29, 1.82) is 0 Å². The fourth-order valence-electron chi connectivity index (χ4n) is 1.45. The molecule has 0 saturated carbocycles. The van der Waals surface area contributed by atoms with Gasteiger partial charge < -0.3 is 10.7 Å². The summed E-state index contributed by atoms with van der Waals surface area (Å²) in [6, 6.07) is 1.50. The van der Waals surface area contributed by atoms with Crippen LogP contribution in [-0.4, -0.2) is 23.4 Å². The zero-order valence-corrected chi connectivity index (χ0v) is 11.2. The number of H-pyrrole nitrogens is 1. The van der Waals surface area contributed by atoms with Crippen LogP contribution in [0.15, 0.2) is 29.6 Å². The van der Waals surface area contributed by atoms with Gasteiger partial charge in [-0.2, -0.15) is 0 Å². The van der Waals surface area contributed by atoms with Crippen molar-refractivity contribution in [1.82, 2.24) is 19.7 Å². The molecule has 0 aliphatic carbocycles. The topological polar surface area (TPSA) is 114 Å². The molecule has 2 rings (SSSR count). The molecule has 102 valence electrons. The quantitative estimate of drug-likeness (QED) is 0.716. The molecule has 0 aliphatic heterocycles. The Bertz CT molecular complexity index is 648. The Labute approximate surface area is 111 Å². The monoisotopic (exact) mass is 281 g/mol. The molecule has 0 atom stereocenters. The van der Waals surface area contributed by atoms with Gasteiger partial charge in [0.15, 0.2) is 0 Å². The molecule has 0 aliphatic rings. The summed E-state index contributed by atoms with van der Waals surface area (Å²) < 4.78 is 26.4. The van der Waals surface area contributed by atoms with Crippen LogP contribution in [-0.2, 0) is 23.1 Å². The Kier molecular flexibility index (Phi) is 3.93. The van der Waals surface area contributed by atoms with Gasteiger partial charge in [0.1, 0.15) is 0 Å². The maximum atomic E-state index is 12.0. The highest BCUT2D eigenvalue weighted by Gasteiger charge is 2.15. The van der Waals surface area contributed by atoms with Gasteiger partial charge in [0.05, 0.1) is 29.0 Å². The second-order valence-corrected chi connectivity index (χ2v) is 5.81. The average molecular weight is 281 g/mol. The first-order valence-corrected chi connectivity index (χ1v) is 7.14. The van der Waals surface area contributed by atoms with Gasteiger partial charge in [0.2, 0.25) is 10.0 Å². The van der Waals surface area contributed by atoms with Gasteiger partial charge in [0, 0.05) is 24.6 Å². The van der Waals surface area contributed by atoms with Crippen molar-refractivity contribution in [3.63, 3.8) is 0 Å². The lowest BCUT2D eigenvalue weighted by atomic mass is 10.4. The van der Waals surface area contributed by atoms with Crippen LogP contribution in [0.25, 0.3) is 0 Å². The lowest BCUT2D eigenvalue weighted by Gasteiger charge is -2.04. The van der Waals surface area contributed by atoms with E-state index in [2.05, 4.69) is 19.7 Å². The number of aryl methyl sites for hydroxylation is 1. The predicted molar refractivity (Wildman–Crippen MR) is 69.5 cm³/mol. The number of nitrogens with two attached hydrogens (primary N) is 1. The second kappa shape index (κ2) is 5.47. The molecule has 2 aromatic heterocycles. The second-order valence-electron chi connectivity index (χ2n) is 4.04. The van der Waals surface area contributed by atoms with E-state index in [1.54, 1.807) is 12.4 Å². The van der Waals surface area contributed by atoms with E-state index < -0.39 is 10.0 Å². The maximum Gasteiger partial charge on any atom is 0.242 e. The highest BCUT2D eigenvalue weighted by Crippen LogP contribution is 2.10. The Morgan fingerprint density at radius 3 is 2.74 bits per heavy atom. The van der Waals surface area contributed by atoms with Gasteiger partial charge in [-0.15, -0.1) is 0 Å². The minimum atomic E-state index is -3.56. The lowest BCUT2D eigenvalue weighted by molar-refractivity contribution is 0.580. The van der Waals surface area contributed by atoms with E-state index in [0.717, 1.165) is 5.69 Å². The van der Waals surface area contributed by atoms with Gasteiger partial charge in [-0.25, -0.2) is 13.1 Å². The standard InChI is InChI=1S/C11H15N5O2S/c1-8-4-14-10(5-13-8)6-16-19(17,18)11-2-9(3-12)15-7-11/h2,4-5,7,15-16H,3,6,12H2,1H3. The molecule has 0 spiro atoms. The van der Waals surface area contributed by atoms with Crippen LogP contribution in [0.1, 0.15) is 17.1 Å². The van der Waals surface area contributed by atoms with Crippen LogP contribution in [0.4, 0.5) is 0 Å². The van der Waals surface area contributed by atoms with Gasteiger partial charge in [0.25, 0.3) is 0 Å². The van der Waals surface area contributed by atoms with E-state index in [1.165, 1.54) is 12.3 Å². The summed E-state index contributed by atoms with van der Waals surface area (Å²) in [5.41, 5.74) is 7.42. The molecule has 4 N–H and O–H groups in total. The van der Waals surface area contributed by atoms with Crippen LogP contribution in [0.2, 0.25) is 0 Å². The van der Waals surface area contributed by atoms with Crippen molar-refractivity contribution in [2.75, 3.05) is 0 Å². The summed E-state index contributed by atoms with van der Waals surface area (Å²) in [6.07, 6.45) is 4.54. The smallest absolute Gasteiger partial charge is 0.242 e. The number of aromatic amines is 1. The van der Waals surface area contributed by atoms with E-state index in [-0.39, 0.29) is 18.0 Å². The number of nitrogens with zero attached hydrogens (tertiary/aromatic N) is 2. The summed E-state index contributed by atoms with van der Waals surface area (Å²) in [5, 5.41) is 0. The molecule has 2 heterocycles. The fraction of sp³-hybridized carbons (Fsp3) is 0.273. The molecule has 0 unspecified atom stereocenters. The first-order valence-electron chi connectivity index (χ1n) is 5.66. The van der Waals surface area contributed by atoms with Crippen LogP contribution < -0.4 is 10.5 Å². The summed E-state index contributed by atoms with van der Waals surface area (Å²) >= 11 is 0. The van der Waals surface area contributed by atoms with Crippen molar-refractivity contribution in [3.05, 3.63) is 41.7 Å². The third-order valence-corrected chi connectivity index (χ3v) is 3.90. The highest BCUT2D eigenvalue weighted by molar-refractivity contribution is 7.89. The predicted octanol–water partition coefficient (Wildman–Crippen LogP) is 0.0503. The van der Waals surface area contributed by atoms with E-state index in [4.69, 9.17) is 5.73 Å². The minimum absolute atomic E-state index is 0.0960. The molecule has 0 saturated heterocycles. The molecule has 0 amide bonds. The van der Waals surface area contributed by atoms with Gasteiger partial charge >= 0.3 is 0 Å². The lowest BCUT2D eigenvalue weighted by Crippen LogP contribution is -2.23. The fourth-order valence-corrected chi connectivity index (χ4v) is 2.47. The molecule has 0 fully saturated rings. The molecule has 2 aromatic rings. The van der Waals surface area contributed by atoms with Crippen molar-refractivity contribution < 1.29 is 8.42 Å². The van der Waals surface area contributed by atoms with Crippen LogP contribution in [0, 0.1) is 6.92 Å². The SMILES string of the molecule is Cc1cnc(CNS(=O)(=O)c2c[nH]c(CN)c2)cn1. The zero-order chi connectivity index (χ0) is 13.9. The molecule has 0 aromatic carbocycles. The summed E-state index contributed by atoms with van der Waals surface area (Å²) in [4.78, 5) is 11.1. The maximum absolute atomic E-state index is 12.0. The Morgan fingerprint density at radius 2 is 2.16 bits per heavy atom. The first-order chi connectivity index (χ1) is 9.01. The van der Waals surface area contributed by atoms with Crippen molar-refractivity contribution in [2.45, 2.75) is 24.9 Å². The number of sulfonamides is 1. The summed E-state index contributed by atoms with van der Waals surface area (Å²) in [5.74, 6) is 0. The van der Waals surface area contributed by atoms with E-state index >= 15 is 0 Å². The zero-order valence-electron chi connectivity index (χ0n) is 10.4. The Hall–Kier alpha value is -1.77. The number of hydrogen-bond donors (Lipinski definition) is 3. The molecule has 7 nitrogen and oxygen atoms in total. The minimum Gasteiger partial charge on any atom is -0.363 e.